The zero-order valence-electron chi connectivity index (χ0n) is 8.52. The zero-order valence-corrected chi connectivity index (χ0v) is 9.34. The minimum atomic E-state index is -0.390. The lowest BCUT2D eigenvalue weighted by Crippen LogP contribution is -2.04. The lowest BCUT2D eigenvalue weighted by Gasteiger charge is -1.97. The number of hydrogen-bond acceptors (Lipinski definition) is 5. The van der Waals surface area contributed by atoms with Crippen LogP contribution >= 0.6 is 11.8 Å². The zero-order chi connectivity index (χ0) is 11.1. The third kappa shape index (κ3) is 3.93. The number of aromatic nitrogens is 2. The fraction of sp³-hybridized carbons (Fsp3) is 0.556. The molecule has 1 aromatic rings. The number of ether oxygens (including phenoxy) is 1. The highest BCUT2D eigenvalue weighted by atomic mass is 32.2. The van der Waals surface area contributed by atoms with Gasteiger partial charge < -0.3 is 14.8 Å². The number of esters is 1. The van der Waals surface area contributed by atoms with Crippen LogP contribution in [0.1, 0.15) is 23.8 Å². The van der Waals surface area contributed by atoms with Gasteiger partial charge in [-0.1, -0.05) is 11.8 Å². The average Bonchev–Trinajstić information content (AvgIpc) is 2.67. The van der Waals surface area contributed by atoms with E-state index in [2.05, 4.69) is 9.97 Å². The summed E-state index contributed by atoms with van der Waals surface area (Å²) in [4.78, 5) is 18.1. The number of aromatic amines is 1. The van der Waals surface area contributed by atoms with Crippen LogP contribution in [-0.4, -0.2) is 40.0 Å². The molecule has 0 unspecified atom stereocenters. The molecule has 0 fully saturated rings. The maximum Gasteiger partial charge on any atom is 0.356 e. The molecule has 0 aliphatic heterocycles. The predicted octanol–water partition coefficient (Wildman–Crippen LogP) is 1.06. The van der Waals surface area contributed by atoms with E-state index in [1.807, 2.05) is 0 Å². The van der Waals surface area contributed by atoms with E-state index in [1.165, 1.54) is 18.0 Å². The Bertz CT molecular complexity index is 314. The number of carbonyl (C=O) groups is 1. The summed E-state index contributed by atoms with van der Waals surface area (Å²) >= 11 is 1.47. The van der Waals surface area contributed by atoms with E-state index in [0.717, 1.165) is 5.75 Å². The molecule has 1 heterocycles. The number of carbonyl (C=O) groups excluding carboxylic acids is 1. The summed E-state index contributed by atoms with van der Waals surface area (Å²) < 4.78 is 4.81. The van der Waals surface area contributed by atoms with Crippen molar-refractivity contribution in [2.45, 2.75) is 18.5 Å². The summed E-state index contributed by atoms with van der Waals surface area (Å²) in [5.74, 6) is 0.380. The molecule has 0 aromatic carbocycles. The number of imidazole rings is 1. The first-order valence-corrected chi connectivity index (χ1v) is 5.72. The van der Waals surface area contributed by atoms with E-state index in [9.17, 15) is 4.79 Å². The first-order chi connectivity index (χ1) is 7.27. The maximum atomic E-state index is 11.2. The van der Waals surface area contributed by atoms with E-state index in [-0.39, 0.29) is 12.6 Å². The number of nitrogens with zero attached hydrogens (tertiary/aromatic N) is 1. The van der Waals surface area contributed by atoms with Gasteiger partial charge in [-0.25, -0.2) is 9.78 Å². The number of thioether (sulfide) groups is 1. The van der Waals surface area contributed by atoms with Gasteiger partial charge >= 0.3 is 5.97 Å². The SMILES string of the molecule is CCOC(=O)c1cnc(SCCCO)[nH]1. The van der Waals surface area contributed by atoms with E-state index < -0.39 is 0 Å². The summed E-state index contributed by atoms with van der Waals surface area (Å²) in [6.07, 6.45) is 2.17. The smallest absolute Gasteiger partial charge is 0.356 e. The van der Waals surface area contributed by atoms with Crippen molar-refractivity contribution in [1.29, 1.82) is 0 Å². The van der Waals surface area contributed by atoms with E-state index in [1.54, 1.807) is 6.92 Å². The molecule has 2 N–H and O–H groups in total. The highest BCUT2D eigenvalue weighted by Gasteiger charge is 2.09. The molecule has 5 nitrogen and oxygen atoms in total. The fourth-order valence-electron chi connectivity index (χ4n) is 0.922. The van der Waals surface area contributed by atoms with Crippen LogP contribution in [0, 0.1) is 0 Å². The largest absolute Gasteiger partial charge is 0.461 e. The van der Waals surface area contributed by atoms with Gasteiger partial charge in [-0.3, -0.25) is 0 Å². The molecule has 1 rings (SSSR count). The minimum Gasteiger partial charge on any atom is -0.461 e. The molecule has 0 aliphatic rings. The second kappa shape index (κ2) is 6.47. The van der Waals surface area contributed by atoms with E-state index in [0.29, 0.717) is 23.9 Å². The Labute approximate surface area is 92.2 Å². The molecule has 1 aromatic heterocycles. The van der Waals surface area contributed by atoms with Gasteiger partial charge in [0.2, 0.25) is 0 Å². The summed E-state index contributed by atoms with van der Waals surface area (Å²) in [6, 6.07) is 0. The molecule has 0 saturated carbocycles. The van der Waals surface area contributed by atoms with Gasteiger partial charge in [-0.05, 0) is 13.3 Å². The molecule has 0 amide bonds. The second-order valence-corrected chi connectivity index (χ2v) is 3.83. The second-order valence-electron chi connectivity index (χ2n) is 2.75. The molecule has 0 saturated heterocycles. The molecule has 0 radical (unpaired) electrons. The van der Waals surface area contributed by atoms with Gasteiger partial charge in [0, 0.05) is 12.4 Å². The first-order valence-electron chi connectivity index (χ1n) is 4.73. The lowest BCUT2D eigenvalue weighted by molar-refractivity contribution is 0.0519. The van der Waals surface area contributed by atoms with Crippen molar-refractivity contribution in [3.8, 4) is 0 Å². The minimum absolute atomic E-state index is 0.165. The molecule has 0 spiro atoms. The van der Waals surface area contributed by atoms with Crippen LogP contribution < -0.4 is 0 Å². The number of rotatable bonds is 6. The Morgan fingerprint density at radius 3 is 3.20 bits per heavy atom. The van der Waals surface area contributed by atoms with Crippen LogP contribution in [-0.2, 0) is 4.74 Å². The predicted molar refractivity (Wildman–Crippen MR) is 57.0 cm³/mol. The van der Waals surface area contributed by atoms with Gasteiger partial charge in [-0.15, -0.1) is 0 Å². The Morgan fingerprint density at radius 1 is 1.73 bits per heavy atom. The number of aliphatic hydroxyl groups is 1. The van der Waals surface area contributed by atoms with Gasteiger partial charge in [0.15, 0.2) is 5.16 Å². The summed E-state index contributed by atoms with van der Waals surface area (Å²) in [6.45, 7) is 2.27. The van der Waals surface area contributed by atoms with Crippen molar-refractivity contribution < 1.29 is 14.6 Å². The summed E-state index contributed by atoms with van der Waals surface area (Å²) in [7, 11) is 0. The van der Waals surface area contributed by atoms with Crippen molar-refractivity contribution in [2.24, 2.45) is 0 Å². The number of H-pyrrole nitrogens is 1. The van der Waals surface area contributed by atoms with Crippen molar-refractivity contribution in [1.82, 2.24) is 9.97 Å². The van der Waals surface area contributed by atoms with Crippen LogP contribution in [0.25, 0.3) is 0 Å². The van der Waals surface area contributed by atoms with E-state index in [4.69, 9.17) is 9.84 Å². The molecule has 0 atom stereocenters. The van der Waals surface area contributed by atoms with Crippen molar-refractivity contribution in [2.75, 3.05) is 19.0 Å². The van der Waals surface area contributed by atoms with Crippen LogP contribution in [0.2, 0.25) is 0 Å². The standard InChI is InChI=1S/C9H14N2O3S/c1-2-14-8(13)7-6-10-9(11-7)15-5-3-4-12/h6,12H,2-5H2,1H3,(H,10,11). The maximum absolute atomic E-state index is 11.2. The highest BCUT2D eigenvalue weighted by Crippen LogP contribution is 2.14. The Balaban J connectivity index is 2.45. The van der Waals surface area contributed by atoms with Crippen molar-refractivity contribution >= 4 is 17.7 Å². The molecule has 6 heteroatoms. The average molecular weight is 230 g/mol. The third-order valence-corrected chi connectivity index (χ3v) is 2.56. The van der Waals surface area contributed by atoms with Crippen molar-refractivity contribution in [3.63, 3.8) is 0 Å². The van der Waals surface area contributed by atoms with Crippen LogP contribution in [0.5, 0.6) is 0 Å². The van der Waals surface area contributed by atoms with Gasteiger partial charge in [-0.2, -0.15) is 0 Å². The van der Waals surface area contributed by atoms with Crippen LogP contribution in [0.4, 0.5) is 0 Å². The van der Waals surface area contributed by atoms with Gasteiger partial charge in [0.25, 0.3) is 0 Å². The van der Waals surface area contributed by atoms with Crippen LogP contribution in [0.15, 0.2) is 11.4 Å². The first kappa shape index (κ1) is 12.1. The van der Waals surface area contributed by atoms with Crippen LogP contribution in [0.3, 0.4) is 0 Å². The van der Waals surface area contributed by atoms with Crippen molar-refractivity contribution in [3.05, 3.63) is 11.9 Å². The molecule has 15 heavy (non-hydrogen) atoms. The molecule has 0 bridgehead atoms. The molecular formula is C9H14N2O3S. The molecule has 84 valence electrons. The third-order valence-electron chi connectivity index (χ3n) is 1.59. The monoisotopic (exact) mass is 230 g/mol. The summed E-state index contributed by atoms with van der Waals surface area (Å²) in [5, 5.41) is 9.26. The normalized spacial score (nSPS) is 10.3. The number of nitrogens with one attached hydrogen (secondary N) is 1. The molecular weight excluding hydrogens is 216 g/mol. The number of aliphatic hydroxyl groups excluding tert-OH is 1. The highest BCUT2D eigenvalue weighted by molar-refractivity contribution is 7.99. The fourth-order valence-corrected chi connectivity index (χ4v) is 1.70. The Kier molecular flexibility index (Phi) is 5.20. The quantitative estimate of drug-likeness (QED) is 0.434. The topological polar surface area (TPSA) is 75.2 Å². The van der Waals surface area contributed by atoms with E-state index >= 15 is 0 Å². The Hall–Kier alpha value is -1.01. The Morgan fingerprint density at radius 2 is 2.53 bits per heavy atom. The van der Waals surface area contributed by atoms with Gasteiger partial charge in [0.1, 0.15) is 5.69 Å². The lowest BCUT2D eigenvalue weighted by atomic mass is 10.5. The number of hydrogen-bond donors (Lipinski definition) is 2. The summed E-state index contributed by atoms with van der Waals surface area (Å²) in [5.41, 5.74) is 0.364. The molecule has 0 aliphatic carbocycles. The van der Waals surface area contributed by atoms with Gasteiger partial charge in [0.05, 0.1) is 12.8 Å².